The molecule has 2 saturated heterocycles. The van der Waals surface area contributed by atoms with E-state index in [9.17, 15) is 4.79 Å². The Kier molecular flexibility index (Phi) is 3.58. The van der Waals surface area contributed by atoms with Gasteiger partial charge >= 0.3 is 5.97 Å². The van der Waals surface area contributed by atoms with Crippen molar-refractivity contribution in [2.75, 3.05) is 19.8 Å². The summed E-state index contributed by atoms with van der Waals surface area (Å²) < 4.78 is 17.1. The fourth-order valence-electron chi connectivity index (χ4n) is 2.77. The van der Waals surface area contributed by atoms with Crippen molar-refractivity contribution >= 4 is 5.97 Å². The molecular formula is C14H17NO5. The van der Waals surface area contributed by atoms with E-state index < -0.39 is 5.97 Å². The van der Waals surface area contributed by atoms with E-state index in [1.807, 2.05) is 0 Å². The van der Waals surface area contributed by atoms with Gasteiger partial charge in [-0.2, -0.15) is 0 Å². The first kappa shape index (κ1) is 13.3. The predicted octanol–water partition coefficient (Wildman–Crippen LogP) is 1.50. The van der Waals surface area contributed by atoms with Crippen molar-refractivity contribution in [1.82, 2.24) is 4.98 Å². The molecule has 2 unspecified atom stereocenters. The summed E-state index contributed by atoms with van der Waals surface area (Å²) in [5.41, 5.74) is -0.301. The van der Waals surface area contributed by atoms with Gasteiger partial charge in [-0.25, -0.2) is 9.78 Å². The predicted molar refractivity (Wildman–Crippen MR) is 69.0 cm³/mol. The summed E-state index contributed by atoms with van der Waals surface area (Å²) in [6, 6.07) is 3.32. The van der Waals surface area contributed by atoms with Crippen LogP contribution in [-0.4, -0.2) is 47.6 Å². The summed E-state index contributed by atoms with van der Waals surface area (Å²) in [6.45, 7) is 1.91. The number of carboxylic acids is 1. The lowest BCUT2D eigenvalue weighted by Gasteiger charge is -2.37. The number of ether oxygens (including phenoxy) is 3. The average Bonchev–Trinajstić information content (AvgIpc) is 2.87. The van der Waals surface area contributed by atoms with Gasteiger partial charge in [0.2, 0.25) is 0 Å². The zero-order chi connectivity index (χ0) is 14.0. The molecule has 0 amide bonds. The highest BCUT2D eigenvalue weighted by molar-refractivity contribution is 5.88. The topological polar surface area (TPSA) is 77.9 Å². The molecule has 1 aromatic rings. The van der Waals surface area contributed by atoms with Gasteiger partial charge in [0.15, 0.2) is 11.4 Å². The fourth-order valence-corrected chi connectivity index (χ4v) is 2.77. The Morgan fingerprint density at radius 1 is 1.50 bits per heavy atom. The molecule has 2 aliphatic rings. The molecule has 0 aromatic carbocycles. The molecule has 3 heterocycles. The van der Waals surface area contributed by atoms with Crippen LogP contribution >= 0.6 is 0 Å². The van der Waals surface area contributed by atoms with E-state index in [0.29, 0.717) is 25.6 Å². The Hall–Kier alpha value is -1.66. The SMILES string of the molecule is O=C(O)c1ncccc1OC1CCOC2(CCOC2)C1. The third-order valence-corrected chi connectivity index (χ3v) is 3.78. The minimum absolute atomic E-state index is 0.0456. The number of aromatic nitrogens is 1. The van der Waals surface area contributed by atoms with Crippen molar-refractivity contribution < 1.29 is 24.1 Å². The maximum atomic E-state index is 11.1. The number of hydrogen-bond donors (Lipinski definition) is 1. The van der Waals surface area contributed by atoms with Gasteiger partial charge in [-0.15, -0.1) is 0 Å². The van der Waals surface area contributed by atoms with Crippen LogP contribution in [-0.2, 0) is 9.47 Å². The molecule has 2 fully saturated rings. The van der Waals surface area contributed by atoms with Crippen LogP contribution in [0, 0.1) is 0 Å². The zero-order valence-electron chi connectivity index (χ0n) is 11.1. The lowest BCUT2D eigenvalue weighted by atomic mass is 9.91. The molecule has 0 radical (unpaired) electrons. The maximum Gasteiger partial charge on any atom is 0.358 e. The van der Waals surface area contributed by atoms with Gasteiger partial charge in [-0.1, -0.05) is 0 Å². The molecule has 0 saturated carbocycles. The standard InChI is InChI=1S/C14H17NO5/c16-13(17)12-11(2-1-5-15-12)20-10-3-6-19-14(8-10)4-7-18-9-14/h1-2,5,10H,3-4,6-9H2,(H,16,17). The molecule has 2 aliphatic heterocycles. The Labute approximate surface area is 116 Å². The van der Waals surface area contributed by atoms with Crippen LogP contribution in [0.3, 0.4) is 0 Å². The van der Waals surface area contributed by atoms with Crippen molar-refractivity contribution in [2.24, 2.45) is 0 Å². The molecular weight excluding hydrogens is 262 g/mol. The lowest BCUT2D eigenvalue weighted by Crippen LogP contribution is -2.44. The number of carboxylic acid groups (broad SMARTS) is 1. The van der Waals surface area contributed by atoms with Crippen molar-refractivity contribution in [3.63, 3.8) is 0 Å². The first-order chi connectivity index (χ1) is 9.69. The molecule has 0 aliphatic carbocycles. The van der Waals surface area contributed by atoms with Gasteiger partial charge in [-0.3, -0.25) is 0 Å². The highest BCUT2D eigenvalue weighted by Gasteiger charge is 2.42. The van der Waals surface area contributed by atoms with Gasteiger partial charge in [-0.05, 0) is 12.1 Å². The van der Waals surface area contributed by atoms with Gasteiger partial charge in [0.25, 0.3) is 0 Å². The van der Waals surface area contributed by atoms with Crippen LogP contribution in [0.2, 0.25) is 0 Å². The molecule has 1 N–H and O–H groups in total. The van der Waals surface area contributed by atoms with Gasteiger partial charge < -0.3 is 19.3 Å². The Balaban J connectivity index is 1.73. The van der Waals surface area contributed by atoms with Crippen LogP contribution < -0.4 is 4.74 Å². The number of rotatable bonds is 3. The molecule has 20 heavy (non-hydrogen) atoms. The summed E-state index contributed by atoms with van der Waals surface area (Å²) >= 11 is 0. The highest BCUT2D eigenvalue weighted by Crippen LogP contribution is 2.34. The second-order valence-electron chi connectivity index (χ2n) is 5.22. The number of aromatic carboxylic acids is 1. The minimum atomic E-state index is -1.08. The monoisotopic (exact) mass is 279 g/mol. The van der Waals surface area contributed by atoms with Crippen molar-refractivity contribution in [2.45, 2.75) is 31.0 Å². The third kappa shape index (κ3) is 2.62. The molecule has 1 aromatic heterocycles. The number of pyridine rings is 1. The van der Waals surface area contributed by atoms with Gasteiger partial charge in [0, 0.05) is 32.1 Å². The summed E-state index contributed by atoms with van der Waals surface area (Å²) in [5.74, 6) is -0.757. The van der Waals surface area contributed by atoms with E-state index in [2.05, 4.69) is 4.98 Å². The van der Waals surface area contributed by atoms with Gasteiger partial charge in [0.1, 0.15) is 6.10 Å². The Morgan fingerprint density at radius 3 is 3.15 bits per heavy atom. The van der Waals surface area contributed by atoms with Crippen LogP contribution in [0.5, 0.6) is 5.75 Å². The van der Waals surface area contributed by atoms with Crippen molar-refractivity contribution in [3.8, 4) is 5.75 Å². The third-order valence-electron chi connectivity index (χ3n) is 3.78. The smallest absolute Gasteiger partial charge is 0.358 e. The Bertz CT molecular complexity index is 498. The van der Waals surface area contributed by atoms with Crippen LogP contribution in [0.1, 0.15) is 29.8 Å². The molecule has 0 bridgehead atoms. The molecule has 1 spiro atoms. The quantitative estimate of drug-likeness (QED) is 0.903. The van der Waals surface area contributed by atoms with Crippen LogP contribution in [0.4, 0.5) is 0 Å². The molecule has 6 heteroatoms. The largest absolute Gasteiger partial charge is 0.488 e. The molecule has 108 valence electrons. The summed E-state index contributed by atoms with van der Waals surface area (Å²) in [6.07, 6.45) is 3.72. The normalized spacial score (nSPS) is 29.5. The number of hydrogen-bond acceptors (Lipinski definition) is 5. The first-order valence-corrected chi connectivity index (χ1v) is 6.75. The molecule has 6 nitrogen and oxygen atoms in total. The summed E-state index contributed by atoms with van der Waals surface area (Å²) in [4.78, 5) is 15.0. The van der Waals surface area contributed by atoms with Crippen LogP contribution in [0.15, 0.2) is 18.3 Å². The summed E-state index contributed by atoms with van der Waals surface area (Å²) in [5, 5.41) is 9.11. The van der Waals surface area contributed by atoms with E-state index in [1.165, 1.54) is 6.20 Å². The average molecular weight is 279 g/mol. The zero-order valence-corrected chi connectivity index (χ0v) is 11.1. The van der Waals surface area contributed by atoms with Gasteiger partial charge in [0.05, 0.1) is 18.8 Å². The lowest BCUT2D eigenvalue weighted by molar-refractivity contribution is -0.112. The maximum absolute atomic E-state index is 11.1. The van der Waals surface area contributed by atoms with Crippen molar-refractivity contribution in [3.05, 3.63) is 24.0 Å². The number of carbonyl (C=O) groups is 1. The van der Waals surface area contributed by atoms with E-state index in [0.717, 1.165) is 19.3 Å². The molecule has 3 rings (SSSR count). The van der Waals surface area contributed by atoms with E-state index in [1.54, 1.807) is 12.1 Å². The number of nitrogens with zero attached hydrogens (tertiary/aromatic N) is 1. The van der Waals surface area contributed by atoms with Crippen molar-refractivity contribution in [1.29, 1.82) is 0 Å². The second-order valence-corrected chi connectivity index (χ2v) is 5.22. The first-order valence-electron chi connectivity index (χ1n) is 6.75. The highest BCUT2D eigenvalue weighted by atomic mass is 16.6. The Morgan fingerprint density at radius 2 is 2.40 bits per heavy atom. The second kappa shape index (κ2) is 5.38. The van der Waals surface area contributed by atoms with Crippen LogP contribution in [0.25, 0.3) is 0 Å². The van der Waals surface area contributed by atoms with E-state index >= 15 is 0 Å². The van der Waals surface area contributed by atoms with E-state index in [4.69, 9.17) is 19.3 Å². The molecule has 2 atom stereocenters. The summed E-state index contributed by atoms with van der Waals surface area (Å²) in [7, 11) is 0. The minimum Gasteiger partial charge on any atom is -0.488 e. The van der Waals surface area contributed by atoms with E-state index in [-0.39, 0.29) is 17.4 Å². The fraction of sp³-hybridized carbons (Fsp3) is 0.571.